The van der Waals surface area contributed by atoms with Crippen LogP contribution in [0.4, 0.5) is 5.82 Å². The molecule has 8 nitrogen and oxygen atoms in total. The summed E-state index contributed by atoms with van der Waals surface area (Å²) in [5, 5.41) is 19.0. The smallest absolute Gasteiger partial charge is 0.200 e. The number of tetrazole rings is 1. The van der Waals surface area contributed by atoms with Crippen LogP contribution in [0.2, 0.25) is 0 Å². The number of aromatic nitrogens is 6. The summed E-state index contributed by atoms with van der Waals surface area (Å²) in [5.74, 6) is 0.850. The third kappa shape index (κ3) is 2.89. The van der Waals surface area contributed by atoms with Gasteiger partial charge in [0.1, 0.15) is 11.1 Å². The number of rotatable bonds is 4. The third-order valence-corrected chi connectivity index (χ3v) is 4.78. The Morgan fingerprint density at radius 3 is 3.26 bits per heavy atom. The summed E-state index contributed by atoms with van der Waals surface area (Å²) in [6.45, 7) is 4.35. The molecule has 9 heteroatoms. The van der Waals surface area contributed by atoms with Crippen LogP contribution in [0.15, 0.2) is 17.5 Å². The highest BCUT2D eigenvalue weighted by atomic mass is 32.1. The van der Waals surface area contributed by atoms with Crippen molar-refractivity contribution in [3.8, 4) is 0 Å². The number of nitrogens with zero attached hydrogens (tertiary/aromatic N) is 7. The minimum atomic E-state index is -0.00859. The largest absolute Gasteiger partial charge is 0.367 e. The first-order valence-electron chi connectivity index (χ1n) is 7.70. The molecule has 0 aromatic carbocycles. The van der Waals surface area contributed by atoms with Crippen molar-refractivity contribution in [2.75, 3.05) is 24.6 Å². The van der Waals surface area contributed by atoms with Gasteiger partial charge in [0, 0.05) is 11.9 Å². The molecule has 4 heterocycles. The van der Waals surface area contributed by atoms with Gasteiger partial charge in [0.15, 0.2) is 11.5 Å². The number of ether oxygens (including phenoxy) is 1. The first-order chi connectivity index (χ1) is 11.3. The van der Waals surface area contributed by atoms with Crippen molar-refractivity contribution in [1.82, 2.24) is 30.2 Å². The molecule has 1 saturated heterocycles. The van der Waals surface area contributed by atoms with Crippen molar-refractivity contribution in [1.29, 1.82) is 0 Å². The zero-order valence-corrected chi connectivity index (χ0v) is 13.6. The standard InChI is InChI=1S/C14H17N7OS/c1-2-3-10-9-23-14(15-10)11-8-20(6-7-22-11)13-5-4-12-16-18-19-21(12)17-13/h4-5,9,11H,2-3,6-8H2,1H3. The summed E-state index contributed by atoms with van der Waals surface area (Å²) in [7, 11) is 0. The van der Waals surface area contributed by atoms with E-state index < -0.39 is 0 Å². The summed E-state index contributed by atoms with van der Waals surface area (Å²) in [5.41, 5.74) is 1.80. The molecular weight excluding hydrogens is 314 g/mol. The van der Waals surface area contributed by atoms with Gasteiger partial charge in [0.2, 0.25) is 0 Å². The SMILES string of the molecule is CCCc1csc(C2CN(c3ccc4nnnn4n3)CCO2)n1. The van der Waals surface area contributed by atoms with Crippen LogP contribution < -0.4 is 4.90 Å². The highest BCUT2D eigenvalue weighted by molar-refractivity contribution is 7.09. The van der Waals surface area contributed by atoms with Crippen molar-refractivity contribution in [3.63, 3.8) is 0 Å². The van der Waals surface area contributed by atoms with E-state index in [2.05, 4.69) is 37.8 Å². The highest BCUT2D eigenvalue weighted by Gasteiger charge is 2.25. The van der Waals surface area contributed by atoms with E-state index >= 15 is 0 Å². The average Bonchev–Trinajstić information content (AvgIpc) is 3.23. The Bertz CT molecular complexity index is 801. The molecule has 3 aromatic rings. The maximum Gasteiger partial charge on any atom is 0.200 e. The van der Waals surface area contributed by atoms with Gasteiger partial charge >= 0.3 is 0 Å². The summed E-state index contributed by atoms with van der Waals surface area (Å²) in [6.07, 6.45) is 2.12. The molecule has 120 valence electrons. The quantitative estimate of drug-likeness (QED) is 0.716. The summed E-state index contributed by atoms with van der Waals surface area (Å²) >= 11 is 1.68. The van der Waals surface area contributed by atoms with Crippen LogP contribution >= 0.6 is 11.3 Å². The van der Waals surface area contributed by atoms with Crippen molar-refractivity contribution >= 4 is 22.8 Å². The number of fused-ring (bicyclic) bond motifs is 1. The molecular formula is C14H17N7OS. The van der Waals surface area contributed by atoms with E-state index in [0.717, 1.165) is 42.5 Å². The van der Waals surface area contributed by atoms with Crippen LogP contribution in [0.3, 0.4) is 0 Å². The fourth-order valence-electron chi connectivity index (χ4n) is 2.66. The minimum absolute atomic E-state index is 0.00859. The predicted octanol–water partition coefficient (Wildman–Crippen LogP) is 1.51. The maximum atomic E-state index is 5.91. The summed E-state index contributed by atoms with van der Waals surface area (Å²) in [6, 6.07) is 3.81. The molecule has 0 saturated carbocycles. The Hall–Kier alpha value is -2.13. The number of anilines is 1. The van der Waals surface area contributed by atoms with E-state index in [1.54, 1.807) is 11.3 Å². The molecule has 1 atom stereocenters. The molecule has 1 aliphatic heterocycles. The van der Waals surface area contributed by atoms with Crippen LogP contribution in [0.1, 0.15) is 30.2 Å². The lowest BCUT2D eigenvalue weighted by atomic mass is 10.2. The number of hydrogen-bond donors (Lipinski definition) is 0. The predicted molar refractivity (Wildman–Crippen MR) is 85.6 cm³/mol. The second kappa shape index (κ2) is 6.17. The Labute approximate surface area is 137 Å². The van der Waals surface area contributed by atoms with Crippen LogP contribution in [0, 0.1) is 0 Å². The average molecular weight is 331 g/mol. The Morgan fingerprint density at radius 2 is 2.35 bits per heavy atom. The van der Waals surface area contributed by atoms with Crippen LogP contribution in [0.25, 0.3) is 5.65 Å². The van der Waals surface area contributed by atoms with Gasteiger partial charge in [-0.2, -0.15) is 0 Å². The molecule has 1 aliphatic rings. The second-order valence-corrected chi connectivity index (χ2v) is 6.34. The third-order valence-electron chi connectivity index (χ3n) is 3.80. The Balaban J connectivity index is 1.53. The molecule has 0 radical (unpaired) electrons. The molecule has 0 aliphatic carbocycles. The fraction of sp³-hybridized carbons (Fsp3) is 0.500. The van der Waals surface area contributed by atoms with E-state index in [4.69, 9.17) is 9.72 Å². The van der Waals surface area contributed by atoms with E-state index in [9.17, 15) is 0 Å². The van der Waals surface area contributed by atoms with Gasteiger partial charge in [-0.15, -0.1) is 26.2 Å². The van der Waals surface area contributed by atoms with Gasteiger partial charge in [-0.25, -0.2) is 4.98 Å². The lowest BCUT2D eigenvalue weighted by molar-refractivity contribution is 0.0392. The summed E-state index contributed by atoms with van der Waals surface area (Å²) < 4.78 is 7.36. The van der Waals surface area contributed by atoms with Crippen molar-refractivity contribution in [2.24, 2.45) is 0 Å². The van der Waals surface area contributed by atoms with E-state index in [0.29, 0.717) is 12.3 Å². The first-order valence-corrected chi connectivity index (χ1v) is 8.57. The lowest BCUT2D eigenvalue weighted by Gasteiger charge is -2.32. The maximum absolute atomic E-state index is 5.91. The zero-order chi connectivity index (χ0) is 15.6. The molecule has 0 spiro atoms. The Kier molecular flexibility index (Phi) is 3.88. The monoisotopic (exact) mass is 331 g/mol. The van der Waals surface area contributed by atoms with E-state index in [1.807, 2.05) is 12.1 Å². The van der Waals surface area contributed by atoms with Crippen LogP contribution in [-0.2, 0) is 11.2 Å². The number of aryl methyl sites for hydroxylation is 1. The van der Waals surface area contributed by atoms with E-state index in [1.165, 1.54) is 4.63 Å². The van der Waals surface area contributed by atoms with Gasteiger partial charge in [0.25, 0.3) is 0 Å². The molecule has 1 unspecified atom stereocenters. The van der Waals surface area contributed by atoms with Crippen LogP contribution in [0.5, 0.6) is 0 Å². The van der Waals surface area contributed by atoms with Crippen molar-refractivity contribution in [2.45, 2.75) is 25.9 Å². The van der Waals surface area contributed by atoms with Crippen LogP contribution in [-0.4, -0.2) is 49.9 Å². The molecule has 3 aromatic heterocycles. The molecule has 1 fully saturated rings. The fourth-order valence-corrected chi connectivity index (χ4v) is 3.55. The second-order valence-electron chi connectivity index (χ2n) is 5.45. The number of hydrogen-bond acceptors (Lipinski definition) is 8. The molecule has 0 N–H and O–H groups in total. The first kappa shape index (κ1) is 14.5. The molecule has 23 heavy (non-hydrogen) atoms. The Morgan fingerprint density at radius 1 is 1.39 bits per heavy atom. The van der Waals surface area contributed by atoms with Gasteiger partial charge in [-0.1, -0.05) is 13.3 Å². The van der Waals surface area contributed by atoms with Gasteiger partial charge in [-0.3, -0.25) is 0 Å². The lowest BCUT2D eigenvalue weighted by Crippen LogP contribution is -2.39. The van der Waals surface area contributed by atoms with Crippen molar-refractivity contribution in [3.05, 3.63) is 28.2 Å². The van der Waals surface area contributed by atoms with Gasteiger partial charge < -0.3 is 9.64 Å². The minimum Gasteiger partial charge on any atom is -0.367 e. The number of thiazole rings is 1. The molecule has 0 amide bonds. The molecule has 0 bridgehead atoms. The summed E-state index contributed by atoms with van der Waals surface area (Å²) in [4.78, 5) is 6.89. The normalized spacial score (nSPS) is 18.7. The zero-order valence-electron chi connectivity index (χ0n) is 12.8. The van der Waals surface area contributed by atoms with Gasteiger partial charge in [-0.05, 0) is 29.0 Å². The van der Waals surface area contributed by atoms with E-state index in [-0.39, 0.29) is 6.10 Å². The van der Waals surface area contributed by atoms with Crippen molar-refractivity contribution < 1.29 is 4.74 Å². The highest BCUT2D eigenvalue weighted by Crippen LogP contribution is 2.27. The van der Waals surface area contributed by atoms with Gasteiger partial charge in [0.05, 0.1) is 18.8 Å². The topological polar surface area (TPSA) is 81.3 Å². The molecule has 4 rings (SSSR count). The number of morpholine rings is 1.